The molecule has 0 aliphatic carbocycles. The first-order valence-electron chi connectivity index (χ1n) is 6.48. The third-order valence-corrected chi connectivity index (χ3v) is 4.56. The second-order valence-electron chi connectivity index (χ2n) is 4.95. The Morgan fingerprint density at radius 1 is 1.42 bits per heavy atom. The maximum atomic E-state index is 13.0. The first kappa shape index (κ1) is 14.4. The van der Waals surface area contributed by atoms with Gasteiger partial charge in [-0.1, -0.05) is 12.1 Å². The van der Waals surface area contributed by atoms with Crippen molar-refractivity contribution in [3.63, 3.8) is 0 Å². The van der Waals surface area contributed by atoms with Gasteiger partial charge in [0.2, 0.25) is 10.0 Å². The van der Waals surface area contributed by atoms with Crippen molar-refractivity contribution in [2.75, 3.05) is 19.6 Å². The Bertz CT molecular complexity index is 513. The summed E-state index contributed by atoms with van der Waals surface area (Å²) in [6.45, 7) is 2.31. The summed E-state index contributed by atoms with van der Waals surface area (Å²) in [5.41, 5.74) is 0.467. The highest BCUT2D eigenvalue weighted by Gasteiger charge is 2.17. The van der Waals surface area contributed by atoms with Gasteiger partial charge >= 0.3 is 0 Å². The first-order chi connectivity index (χ1) is 9.05. The molecule has 4 nitrogen and oxygen atoms in total. The van der Waals surface area contributed by atoms with E-state index in [1.807, 2.05) is 0 Å². The van der Waals surface area contributed by atoms with E-state index in [1.165, 1.54) is 18.2 Å². The molecule has 1 aliphatic rings. The van der Waals surface area contributed by atoms with Gasteiger partial charge in [0.25, 0.3) is 0 Å². The van der Waals surface area contributed by atoms with E-state index < -0.39 is 15.8 Å². The van der Waals surface area contributed by atoms with E-state index in [1.54, 1.807) is 6.07 Å². The Kier molecular flexibility index (Phi) is 4.90. The van der Waals surface area contributed by atoms with Crippen molar-refractivity contribution in [2.45, 2.75) is 18.6 Å². The highest BCUT2D eigenvalue weighted by Crippen LogP contribution is 2.11. The van der Waals surface area contributed by atoms with E-state index in [-0.39, 0.29) is 5.75 Å². The Balaban J connectivity index is 1.87. The van der Waals surface area contributed by atoms with Gasteiger partial charge in [0.05, 0.1) is 5.75 Å². The van der Waals surface area contributed by atoms with Crippen LogP contribution < -0.4 is 10.0 Å². The lowest BCUT2D eigenvalue weighted by atomic mass is 10.0. The lowest BCUT2D eigenvalue weighted by Gasteiger charge is -2.22. The second kappa shape index (κ2) is 6.45. The van der Waals surface area contributed by atoms with E-state index >= 15 is 0 Å². The number of rotatable bonds is 5. The van der Waals surface area contributed by atoms with Crippen molar-refractivity contribution in [1.29, 1.82) is 0 Å². The van der Waals surface area contributed by atoms with Crippen LogP contribution in [0.3, 0.4) is 0 Å². The molecule has 1 unspecified atom stereocenters. The van der Waals surface area contributed by atoms with Crippen LogP contribution in [0.25, 0.3) is 0 Å². The number of nitrogens with one attached hydrogen (secondary N) is 2. The van der Waals surface area contributed by atoms with Gasteiger partial charge in [-0.25, -0.2) is 17.5 Å². The van der Waals surface area contributed by atoms with Gasteiger partial charge in [-0.05, 0) is 49.5 Å². The highest BCUT2D eigenvalue weighted by molar-refractivity contribution is 7.88. The first-order valence-corrected chi connectivity index (χ1v) is 8.13. The Morgan fingerprint density at radius 3 is 2.95 bits per heavy atom. The van der Waals surface area contributed by atoms with E-state index in [2.05, 4.69) is 10.0 Å². The summed E-state index contributed by atoms with van der Waals surface area (Å²) in [6.07, 6.45) is 2.12. The van der Waals surface area contributed by atoms with Gasteiger partial charge in [-0.15, -0.1) is 0 Å². The quantitative estimate of drug-likeness (QED) is 0.856. The molecule has 106 valence electrons. The molecule has 0 bridgehead atoms. The molecule has 2 N–H and O–H groups in total. The fraction of sp³-hybridized carbons (Fsp3) is 0.538. The molecule has 1 aromatic rings. The summed E-state index contributed by atoms with van der Waals surface area (Å²) in [6, 6.07) is 5.69. The summed E-state index contributed by atoms with van der Waals surface area (Å²) < 4.78 is 39.4. The minimum absolute atomic E-state index is 0.176. The monoisotopic (exact) mass is 286 g/mol. The van der Waals surface area contributed by atoms with Crippen LogP contribution in [0.5, 0.6) is 0 Å². The highest BCUT2D eigenvalue weighted by atomic mass is 32.2. The Labute approximate surface area is 113 Å². The minimum Gasteiger partial charge on any atom is -0.316 e. The van der Waals surface area contributed by atoms with Crippen molar-refractivity contribution in [3.8, 4) is 0 Å². The molecule has 0 amide bonds. The van der Waals surface area contributed by atoms with Crippen LogP contribution in [0.2, 0.25) is 0 Å². The average molecular weight is 286 g/mol. The molecule has 0 saturated carbocycles. The van der Waals surface area contributed by atoms with Gasteiger partial charge in [0.15, 0.2) is 0 Å². The normalized spacial score (nSPS) is 20.4. The number of sulfonamides is 1. The molecule has 1 aromatic carbocycles. The van der Waals surface area contributed by atoms with Crippen molar-refractivity contribution in [2.24, 2.45) is 5.92 Å². The summed E-state index contributed by atoms with van der Waals surface area (Å²) in [5, 5.41) is 3.24. The Hall–Kier alpha value is -0.980. The van der Waals surface area contributed by atoms with Gasteiger partial charge in [0.1, 0.15) is 5.82 Å². The molecule has 0 aromatic heterocycles. The molecule has 0 radical (unpaired) electrons. The van der Waals surface area contributed by atoms with Crippen LogP contribution in [0, 0.1) is 11.7 Å². The third-order valence-electron chi connectivity index (χ3n) is 3.24. The topological polar surface area (TPSA) is 58.2 Å². The standard InChI is InChI=1S/C13H19FN2O2S/c14-13-5-1-3-11(7-13)10-19(17,18)16-9-12-4-2-6-15-8-12/h1,3,5,7,12,15-16H,2,4,6,8-10H2. The maximum Gasteiger partial charge on any atom is 0.215 e. The molecule has 1 saturated heterocycles. The number of hydrogen-bond acceptors (Lipinski definition) is 3. The van der Waals surface area contributed by atoms with Gasteiger partial charge in [-0.3, -0.25) is 0 Å². The van der Waals surface area contributed by atoms with E-state index in [9.17, 15) is 12.8 Å². The molecular weight excluding hydrogens is 267 g/mol. The molecule has 2 rings (SSSR count). The van der Waals surface area contributed by atoms with E-state index in [0.717, 1.165) is 25.9 Å². The predicted octanol–water partition coefficient (Wildman–Crippen LogP) is 1.24. The molecule has 0 spiro atoms. The van der Waals surface area contributed by atoms with Crippen LogP contribution in [-0.4, -0.2) is 28.1 Å². The maximum absolute atomic E-state index is 13.0. The van der Waals surface area contributed by atoms with Crippen LogP contribution in [0.1, 0.15) is 18.4 Å². The van der Waals surface area contributed by atoms with Crippen LogP contribution in [-0.2, 0) is 15.8 Å². The third kappa shape index (κ3) is 4.89. The predicted molar refractivity (Wildman–Crippen MR) is 72.6 cm³/mol. The molecule has 1 fully saturated rings. The smallest absolute Gasteiger partial charge is 0.215 e. The number of halogens is 1. The number of hydrogen-bond donors (Lipinski definition) is 2. The van der Waals surface area contributed by atoms with E-state index in [4.69, 9.17) is 0 Å². The van der Waals surface area contributed by atoms with E-state index in [0.29, 0.717) is 18.0 Å². The largest absolute Gasteiger partial charge is 0.316 e. The molecule has 1 heterocycles. The van der Waals surface area contributed by atoms with Gasteiger partial charge in [0, 0.05) is 6.54 Å². The average Bonchev–Trinajstić information content (AvgIpc) is 2.37. The Morgan fingerprint density at radius 2 is 2.26 bits per heavy atom. The summed E-state index contributed by atoms with van der Waals surface area (Å²) in [4.78, 5) is 0. The molecule has 1 aliphatic heterocycles. The van der Waals surface area contributed by atoms with Crippen molar-refractivity contribution in [3.05, 3.63) is 35.6 Å². The number of piperidine rings is 1. The van der Waals surface area contributed by atoms with Crippen LogP contribution >= 0.6 is 0 Å². The lowest BCUT2D eigenvalue weighted by molar-refractivity contribution is 0.376. The number of benzene rings is 1. The SMILES string of the molecule is O=S(=O)(Cc1cccc(F)c1)NCC1CCCNC1. The zero-order valence-corrected chi connectivity index (χ0v) is 11.5. The van der Waals surface area contributed by atoms with Crippen molar-refractivity contribution >= 4 is 10.0 Å². The molecule has 1 atom stereocenters. The second-order valence-corrected chi connectivity index (χ2v) is 6.76. The molecule has 19 heavy (non-hydrogen) atoms. The summed E-state index contributed by atoms with van der Waals surface area (Å²) >= 11 is 0. The van der Waals surface area contributed by atoms with Crippen molar-refractivity contribution < 1.29 is 12.8 Å². The van der Waals surface area contributed by atoms with Gasteiger partial charge < -0.3 is 5.32 Å². The van der Waals surface area contributed by atoms with Gasteiger partial charge in [-0.2, -0.15) is 0 Å². The molecular formula is C13H19FN2O2S. The minimum atomic E-state index is -3.40. The fourth-order valence-corrected chi connectivity index (χ4v) is 3.45. The van der Waals surface area contributed by atoms with Crippen LogP contribution in [0.4, 0.5) is 4.39 Å². The summed E-state index contributed by atoms with van der Waals surface area (Å²) in [7, 11) is -3.40. The van der Waals surface area contributed by atoms with Crippen LogP contribution in [0.15, 0.2) is 24.3 Å². The summed E-state index contributed by atoms with van der Waals surface area (Å²) in [5.74, 6) is -0.245. The fourth-order valence-electron chi connectivity index (χ4n) is 2.24. The van der Waals surface area contributed by atoms with Crippen molar-refractivity contribution in [1.82, 2.24) is 10.0 Å². The lowest BCUT2D eigenvalue weighted by Crippen LogP contribution is -2.38. The zero-order chi connectivity index (χ0) is 13.7. The molecule has 6 heteroatoms. The zero-order valence-electron chi connectivity index (χ0n) is 10.7.